The molecule has 0 amide bonds. The summed E-state index contributed by atoms with van der Waals surface area (Å²) in [5.41, 5.74) is 7.73. The van der Waals surface area contributed by atoms with Crippen LogP contribution in [0.3, 0.4) is 0 Å². The molecule has 118 valence electrons. The Morgan fingerprint density at radius 1 is 0.850 bits per heavy atom. The van der Waals surface area contributed by atoms with E-state index in [0.717, 1.165) is 6.54 Å². The molecule has 0 aromatic heterocycles. The van der Waals surface area contributed by atoms with Gasteiger partial charge in [-0.3, -0.25) is 4.90 Å². The molecule has 2 nitrogen and oxygen atoms in total. The Morgan fingerprint density at radius 3 is 1.75 bits per heavy atom. The molecule has 1 aliphatic carbocycles. The number of nitrogens with two attached hydrogens (primary N) is 1. The number of hydrogen-bond acceptors (Lipinski definition) is 2. The molecule has 0 spiro atoms. The van der Waals surface area contributed by atoms with E-state index < -0.39 is 0 Å². The molecule has 2 rings (SSSR count). The lowest BCUT2D eigenvalue weighted by molar-refractivity contribution is -0.0216. The van der Waals surface area contributed by atoms with Crippen molar-refractivity contribution in [1.82, 2.24) is 4.90 Å². The maximum atomic E-state index is 6.25. The quantitative estimate of drug-likeness (QED) is 0.837. The van der Waals surface area contributed by atoms with Gasteiger partial charge in [-0.2, -0.15) is 0 Å². The fourth-order valence-electron chi connectivity index (χ4n) is 4.45. The van der Waals surface area contributed by atoms with Crippen LogP contribution in [-0.2, 0) is 0 Å². The van der Waals surface area contributed by atoms with Crippen LogP contribution in [-0.4, -0.2) is 30.1 Å². The van der Waals surface area contributed by atoms with E-state index in [4.69, 9.17) is 5.73 Å². The second-order valence-electron chi connectivity index (χ2n) is 8.29. The van der Waals surface area contributed by atoms with Crippen LogP contribution in [0.1, 0.15) is 79.1 Å². The smallest absolute Gasteiger partial charge is 0.0332 e. The number of rotatable bonds is 4. The van der Waals surface area contributed by atoms with Crippen LogP contribution < -0.4 is 5.73 Å². The number of hydrogen-bond donors (Lipinski definition) is 1. The van der Waals surface area contributed by atoms with Gasteiger partial charge in [0.2, 0.25) is 0 Å². The predicted molar refractivity (Wildman–Crippen MR) is 87.9 cm³/mol. The fraction of sp³-hybridized carbons (Fsp3) is 1.00. The van der Waals surface area contributed by atoms with Crippen LogP contribution in [0.15, 0.2) is 0 Å². The summed E-state index contributed by atoms with van der Waals surface area (Å²) in [5.74, 6) is 0. The van der Waals surface area contributed by atoms with Crippen LogP contribution in [0.25, 0.3) is 0 Å². The Hall–Kier alpha value is -0.0800. The molecular weight excluding hydrogens is 244 g/mol. The van der Waals surface area contributed by atoms with E-state index in [1.807, 2.05) is 0 Å². The minimum Gasteiger partial charge on any atom is -0.329 e. The Kier molecular flexibility index (Phi) is 4.86. The Labute approximate surface area is 126 Å². The molecule has 1 saturated heterocycles. The van der Waals surface area contributed by atoms with E-state index >= 15 is 0 Å². The summed E-state index contributed by atoms with van der Waals surface area (Å²) in [6.07, 6.45) is 10.8. The van der Waals surface area contributed by atoms with Crippen molar-refractivity contribution in [2.75, 3.05) is 19.6 Å². The lowest BCUT2D eigenvalue weighted by atomic mass is 9.67. The molecule has 2 fully saturated rings. The largest absolute Gasteiger partial charge is 0.329 e. The lowest BCUT2D eigenvalue weighted by Gasteiger charge is -2.53. The first-order chi connectivity index (χ1) is 9.41. The molecule has 1 saturated carbocycles. The Morgan fingerprint density at radius 2 is 1.35 bits per heavy atom. The Balaban J connectivity index is 2.01. The van der Waals surface area contributed by atoms with Gasteiger partial charge in [0, 0.05) is 12.1 Å². The van der Waals surface area contributed by atoms with Crippen LogP contribution in [0.2, 0.25) is 0 Å². The summed E-state index contributed by atoms with van der Waals surface area (Å²) in [6.45, 7) is 13.0. The van der Waals surface area contributed by atoms with E-state index in [1.165, 1.54) is 64.5 Å². The summed E-state index contributed by atoms with van der Waals surface area (Å²) in [4.78, 5) is 2.77. The van der Waals surface area contributed by atoms with E-state index in [2.05, 4.69) is 32.6 Å². The van der Waals surface area contributed by atoms with E-state index in [0.29, 0.717) is 16.4 Å². The molecule has 20 heavy (non-hydrogen) atoms. The SMILES string of the molecule is CCC1(CC)CCN(C2(CN)CCC(C)(C)CC2)CC1. The van der Waals surface area contributed by atoms with Gasteiger partial charge < -0.3 is 5.73 Å². The molecule has 2 aliphatic rings. The molecule has 0 atom stereocenters. The highest BCUT2D eigenvalue weighted by atomic mass is 15.2. The van der Waals surface area contributed by atoms with Gasteiger partial charge in [-0.1, -0.05) is 40.5 Å². The minimum absolute atomic E-state index is 0.323. The first-order valence-corrected chi connectivity index (χ1v) is 8.86. The summed E-state index contributed by atoms with van der Waals surface area (Å²) in [6, 6.07) is 0. The monoisotopic (exact) mass is 280 g/mol. The average molecular weight is 280 g/mol. The van der Waals surface area contributed by atoms with Crippen LogP contribution >= 0.6 is 0 Å². The second kappa shape index (κ2) is 5.96. The first kappa shape index (κ1) is 16.3. The van der Waals surface area contributed by atoms with Gasteiger partial charge in [0.1, 0.15) is 0 Å². The molecule has 1 heterocycles. The van der Waals surface area contributed by atoms with Crippen molar-refractivity contribution in [1.29, 1.82) is 0 Å². The van der Waals surface area contributed by atoms with Gasteiger partial charge in [-0.25, -0.2) is 0 Å². The second-order valence-corrected chi connectivity index (χ2v) is 8.29. The van der Waals surface area contributed by atoms with Crippen molar-refractivity contribution in [2.24, 2.45) is 16.6 Å². The lowest BCUT2D eigenvalue weighted by Crippen LogP contribution is -2.59. The zero-order valence-corrected chi connectivity index (χ0v) is 14.3. The first-order valence-electron chi connectivity index (χ1n) is 8.86. The van der Waals surface area contributed by atoms with Gasteiger partial charge in [-0.05, 0) is 62.4 Å². The van der Waals surface area contributed by atoms with Crippen molar-refractivity contribution in [2.45, 2.75) is 84.6 Å². The van der Waals surface area contributed by atoms with Crippen LogP contribution in [0.5, 0.6) is 0 Å². The van der Waals surface area contributed by atoms with Crippen molar-refractivity contribution >= 4 is 0 Å². The highest BCUT2D eigenvalue weighted by Gasteiger charge is 2.44. The molecule has 0 radical (unpaired) electrons. The van der Waals surface area contributed by atoms with E-state index in [1.54, 1.807) is 0 Å². The number of nitrogens with zero attached hydrogens (tertiary/aromatic N) is 1. The highest BCUT2D eigenvalue weighted by Crippen LogP contribution is 2.46. The third kappa shape index (κ3) is 3.06. The predicted octanol–water partition coefficient (Wildman–Crippen LogP) is 4.19. The topological polar surface area (TPSA) is 29.3 Å². The third-order valence-electron chi connectivity index (χ3n) is 6.91. The molecular formula is C18H36N2. The van der Waals surface area contributed by atoms with Crippen LogP contribution in [0.4, 0.5) is 0 Å². The van der Waals surface area contributed by atoms with Crippen molar-refractivity contribution < 1.29 is 0 Å². The standard InChI is InChI=1S/C18H36N2/c1-5-17(6-2)11-13-20(14-12-17)18(15-19)9-7-16(3,4)8-10-18/h5-15,19H2,1-4H3. The fourth-order valence-corrected chi connectivity index (χ4v) is 4.45. The molecule has 0 bridgehead atoms. The van der Waals surface area contributed by atoms with Crippen molar-refractivity contribution in [3.05, 3.63) is 0 Å². The summed E-state index contributed by atoms with van der Waals surface area (Å²) in [5, 5.41) is 0. The van der Waals surface area contributed by atoms with Crippen LogP contribution in [0, 0.1) is 10.8 Å². The summed E-state index contributed by atoms with van der Waals surface area (Å²) >= 11 is 0. The number of likely N-dealkylation sites (tertiary alicyclic amines) is 1. The highest BCUT2D eigenvalue weighted by molar-refractivity contribution is 5.00. The molecule has 0 aromatic rings. The summed E-state index contributed by atoms with van der Waals surface area (Å²) in [7, 11) is 0. The minimum atomic E-state index is 0.323. The maximum absolute atomic E-state index is 6.25. The van der Waals surface area contributed by atoms with Gasteiger partial charge in [0.05, 0.1) is 0 Å². The summed E-state index contributed by atoms with van der Waals surface area (Å²) < 4.78 is 0. The molecule has 2 heteroatoms. The van der Waals surface area contributed by atoms with Gasteiger partial charge in [0.25, 0.3) is 0 Å². The average Bonchev–Trinajstić information content (AvgIpc) is 2.48. The van der Waals surface area contributed by atoms with E-state index in [-0.39, 0.29) is 0 Å². The number of piperidine rings is 1. The van der Waals surface area contributed by atoms with Gasteiger partial charge in [-0.15, -0.1) is 0 Å². The molecule has 0 aromatic carbocycles. The Bertz CT molecular complexity index is 297. The molecule has 2 N–H and O–H groups in total. The maximum Gasteiger partial charge on any atom is 0.0332 e. The van der Waals surface area contributed by atoms with Gasteiger partial charge >= 0.3 is 0 Å². The third-order valence-corrected chi connectivity index (χ3v) is 6.91. The van der Waals surface area contributed by atoms with Crippen molar-refractivity contribution in [3.63, 3.8) is 0 Å². The normalized spacial score (nSPS) is 29.2. The van der Waals surface area contributed by atoms with Gasteiger partial charge in [0.15, 0.2) is 0 Å². The van der Waals surface area contributed by atoms with E-state index in [9.17, 15) is 0 Å². The van der Waals surface area contributed by atoms with Crippen molar-refractivity contribution in [3.8, 4) is 0 Å². The zero-order chi connectivity index (χ0) is 14.9. The zero-order valence-electron chi connectivity index (χ0n) is 14.3. The molecule has 1 aliphatic heterocycles. The molecule has 0 unspecified atom stereocenters.